The molecule has 0 aromatic rings. The van der Waals surface area contributed by atoms with Crippen molar-refractivity contribution in [2.75, 3.05) is 13.2 Å². The van der Waals surface area contributed by atoms with Gasteiger partial charge < -0.3 is 50.5 Å². The molecule has 364 valence electrons. The average molecular weight is 882 g/mol. The molecule has 1 amide bonds. The Morgan fingerprint density at radius 2 is 0.968 bits per heavy atom. The van der Waals surface area contributed by atoms with E-state index >= 15 is 0 Å². The summed E-state index contributed by atoms with van der Waals surface area (Å²) in [5.41, 5.74) is 0. The van der Waals surface area contributed by atoms with Gasteiger partial charge >= 0.3 is 0 Å². The smallest absolute Gasteiger partial charge is 0.249 e. The molecule has 0 radical (unpaired) electrons. The van der Waals surface area contributed by atoms with Crippen molar-refractivity contribution in [3.63, 3.8) is 0 Å². The van der Waals surface area contributed by atoms with Gasteiger partial charge in [-0.25, -0.2) is 0 Å². The fourth-order valence-corrected chi connectivity index (χ4v) is 7.93. The second-order valence-corrected chi connectivity index (χ2v) is 17.9. The predicted octanol–water partition coefficient (Wildman–Crippen LogP) is 9.17. The van der Waals surface area contributed by atoms with Gasteiger partial charge in [-0.15, -0.1) is 0 Å². The quantitative estimate of drug-likeness (QED) is 0.0217. The molecule has 1 saturated heterocycles. The molecular weight excluding hydrogens is 787 g/mol. The summed E-state index contributed by atoms with van der Waals surface area (Å²) >= 11 is 0. The van der Waals surface area contributed by atoms with Gasteiger partial charge in [-0.2, -0.15) is 0 Å². The molecule has 11 heteroatoms. The van der Waals surface area contributed by atoms with Gasteiger partial charge in [0, 0.05) is 0 Å². The van der Waals surface area contributed by atoms with E-state index in [2.05, 4.69) is 55.6 Å². The van der Waals surface area contributed by atoms with E-state index in [1.54, 1.807) is 0 Å². The molecule has 0 aromatic carbocycles. The lowest BCUT2D eigenvalue weighted by atomic mass is 9.98. The van der Waals surface area contributed by atoms with E-state index < -0.39 is 74.2 Å². The molecule has 9 atom stereocenters. The first kappa shape index (κ1) is 58.3. The minimum Gasteiger partial charge on any atom is -0.394 e. The molecule has 8 N–H and O–H groups in total. The van der Waals surface area contributed by atoms with E-state index in [0.29, 0.717) is 19.3 Å². The maximum absolute atomic E-state index is 13.1. The summed E-state index contributed by atoms with van der Waals surface area (Å²) < 4.78 is 11.1. The van der Waals surface area contributed by atoms with Crippen LogP contribution in [0, 0.1) is 0 Å². The lowest BCUT2D eigenvalue weighted by Crippen LogP contribution is -2.60. The molecule has 1 aliphatic heterocycles. The molecule has 0 aromatic heterocycles. The lowest BCUT2D eigenvalue weighted by molar-refractivity contribution is -0.303. The van der Waals surface area contributed by atoms with Crippen LogP contribution in [-0.4, -0.2) is 110 Å². The Hall–Kier alpha value is -1.67. The summed E-state index contributed by atoms with van der Waals surface area (Å²) in [4.78, 5) is 13.1. The molecule has 0 saturated carbocycles. The van der Waals surface area contributed by atoms with Crippen molar-refractivity contribution < 1.29 is 50.0 Å². The number of hydrogen-bond donors (Lipinski definition) is 8. The van der Waals surface area contributed by atoms with Crippen molar-refractivity contribution in [1.29, 1.82) is 0 Å². The normalized spacial score (nSPS) is 21.6. The van der Waals surface area contributed by atoms with E-state index in [-0.39, 0.29) is 12.8 Å². The molecule has 1 fully saturated rings. The molecule has 1 rings (SSSR count). The summed E-state index contributed by atoms with van der Waals surface area (Å²) in [5, 5.41) is 75.8. The summed E-state index contributed by atoms with van der Waals surface area (Å²) in [5.74, 6) is -0.711. The van der Waals surface area contributed by atoms with Crippen LogP contribution in [0.4, 0.5) is 0 Å². The molecular formula is C51H95NO10. The number of ether oxygens (including phenoxy) is 2. The highest BCUT2D eigenvalue weighted by Gasteiger charge is 2.44. The monoisotopic (exact) mass is 882 g/mol. The first-order chi connectivity index (χ1) is 30.2. The highest BCUT2D eigenvalue weighted by Crippen LogP contribution is 2.23. The number of rotatable bonds is 42. The number of carbonyl (C=O) groups excluding carboxylic acids is 1. The van der Waals surface area contributed by atoms with Gasteiger partial charge in [0.2, 0.25) is 5.91 Å². The van der Waals surface area contributed by atoms with Crippen LogP contribution < -0.4 is 5.32 Å². The molecule has 11 nitrogen and oxygen atoms in total. The number of hydrogen-bond acceptors (Lipinski definition) is 10. The third kappa shape index (κ3) is 29.7. The van der Waals surface area contributed by atoms with E-state index in [1.807, 2.05) is 0 Å². The van der Waals surface area contributed by atoms with Gasteiger partial charge in [-0.05, 0) is 57.8 Å². The number of aliphatic hydroxyl groups excluding tert-OH is 7. The topological polar surface area (TPSA) is 189 Å². The second-order valence-electron chi connectivity index (χ2n) is 17.9. The Balaban J connectivity index is 2.41. The first-order valence-electron chi connectivity index (χ1n) is 25.4. The molecule has 62 heavy (non-hydrogen) atoms. The fraction of sp³-hybridized carbons (Fsp3) is 0.863. The Bertz CT molecular complexity index is 1100. The second kappa shape index (κ2) is 40.8. The molecule has 0 aliphatic carbocycles. The van der Waals surface area contributed by atoms with Crippen LogP contribution in [0.1, 0.15) is 213 Å². The Morgan fingerprint density at radius 1 is 0.548 bits per heavy atom. The molecule has 9 unspecified atom stereocenters. The zero-order valence-corrected chi connectivity index (χ0v) is 39.4. The zero-order valence-electron chi connectivity index (χ0n) is 39.4. The van der Waals surface area contributed by atoms with Gasteiger partial charge in [0.25, 0.3) is 0 Å². The number of carbonyl (C=O) groups is 1. The van der Waals surface area contributed by atoms with Crippen LogP contribution in [0.25, 0.3) is 0 Å². The van der Waals surface area contributed by atoms with Crippen molar-refractivity contribution in [3.05, 3.63) is 36.5 Å². The van der Waals surface area contributed by atoms with Crippen molar-refractivity contribution in [2.45, 2.75) is 268 Å². The number of nitrogens with one attached hydrogen (secondary N) is 1. The number of allylic oxidation sites excluding steroid dienone is 6. The molecule has 1 aliphatic rings. The van der Waals surface area contributed by atoms with Crippen LogP contribution in [0.15, 0.2) is 36.5 Å². The Kier molecular flexibility index (Phi) is 38.4. The van der Waals surface area contributed by atoms with Crippen molar-refractivity contribution in [2.24, 2.45) is 0 Å². The number of unbranched alkanes of at least 4 members (excludes halogenated alkanes) is 24. The maximum atomic E-state index is 13.1. The third-order valence-electron chi connectivity index (χ3n) is 12.2. The Labute approximate surface area is 377 Å². The standard InChI is InChI=1S/C51H95NO10/c1-3-5-7-9-11-13-15-17-19-20-21-22-23-25-27-29-31-33-35-37-39-44(55)50(60)52-42(41-61-51-49(59)48(58)47(57)45(40-53)62-51)46(56)43(54)38-36-34-32-30-28-26-24-18-16-14-12-10-8-6-4-2/h10,12,18,24,30,32,42-49,51,53-59H,3-9,11,13-17,19-23,25-29,31,33-41H2,1-2H3,(H,52,60)/b12-10+,24-18+,32-30+. The van der Waals surface area contributed by atoms with E-state index in [0.717, 1.165) is 51.4 Å². The lowest BCUT2D eigenvalue weighted by Gasteiger charge is -2.40. The predicted molar refractivity (Wildman–Crippen MR) is 252 cm³/mol. The molecule has 1 heterocycles. The van der Waals surface area contributed by atoms with Crippen LogP contribution in [0.5, 0.6) is 0 Å². The van der Waals surface area contributed by atoms with Crippen LogP contribution in [-0.2, 0) is 14.3 Å². The summed E-state index contributed by atoms with van der Waals surface area (Å²) in [6.07, 6.45) is 36.2. The molecule has 0 spiro atoms. The summed E-state index contributed by atoms with van der Waals surface area (Å²) in [6.45, 7) is 3.39. The van der Waals surface area contributed by atoms with Crippen molar-refractivity contribution >= 4 is 5.91 Å². The van der Waals surface area contributed by atoms with Gasteiger partial charge in [-0.1, -0.05) is 192 Å². The number of amides is 1. The fourth-order valence-electron chi connectivity index (χ4n) is 7.93. The van der Waals surface area contributed by atoms with Crippen LogP contribution in [0.2, 0.25) is 0 Å². The zero-order chi connectivity index (χ0) is 45.5. The SMILES string of the molecule is CCCC/C=C/CC/C=C/CC/C=C/CCCC(O)C(O)C(COC1OC(CO)C(O)C(O)C1O)NC(=O)C(O)CCCCCCCCCCCCCCCCCCCCCC. The first-order valence-corrected chi connectivity index (χ1v) is 25.4. The third-order valence-corrected chi connectivity index (χ3v) is 12.2. The van der Waals surface area contributed by atoms with E-state index in [4.69, 9.17) is 9.47 Å². The van der Waals surface area contributed by atoms with Gasteiger partial charge in [-0.3, -0.25) is 4.79 Å². The van der Waals surface area contributed by atoms with Crippen LogP contribution in [0.3, 0.4) is 0 Å². The van der Waals surface area contributed by atoms with Gasteiger partial charge in [0.1, 0.15) is 36.6 Å². The minimum atomic E-state index is -1.67. The van der Waals surface area contributed by atoms with Crippen LogP contribution >= 0.6 is 0 Å². The summed E-state index contributed by atoms with van der Waals surface area (Å²) in [6, 6.07) is -1.19. The highest BCUT2D eigenvalue weighted by atomic mass is 16.7. The minimum absolute atomic E-state index is 0.242. The molecule has 0 bridgehead atoms. The van der Waals surface area contributed by atoms with Crippen molar-refractivity contribution in [1.82, 2.24) is 5.32 Å². The number of aliphatic hydroxyl groups is 7. The highest BCUT2D eigenvalue weighted by molar-refractivity contribution is 5.80. The van der Waals surface area contributed by atoms with Gasteiger partial charge in [0.15, 0.2) is 6.29 Å². The van der Waals surface area contributed by atoms with E-state index in [1.165, 1.54) is 116 Å². The summed E-state index contributed by atoms with van der Waals surface area (Å²) in [7, 11) is 0. The van der Waals surface area contributed by atoms with Crippen molar-refractivity contribution in [3.8, 4) is 0 Å². The van der Waals surface area contributed by atoms with E-state index in [9.17, 15) is 40.5 Å². The van der Waals surface area contributed by atoms with Gasteiger partial charge in [0.05, 0.1) is 25.4 Å². The maximum Gasteiger partial charge on any atom is 0.249 e. The Morgan fingerprint density at radius 3 is 1.42 bits per heavy atom. The largest absolute Gasteiger partial charge is 0.394 e. The average Bonchev–Trinajstić information content (AvgIpc) is 3.27.